The molecule has 0 aromatic heterocycles. The Kier molecular flexibility index (Phi) is 5.74. The highest BCUT2D eigenvalue weighted by Gasteiger charge is 2.28. The van der Waals surface area contributed by atoms with Crippen LogP contribution < -0.4 is 14.9 Å². The van der Waals surface area contributed by atoms with E-state index in [1.807, 2.05) is 52.0 Å². The zero-order chi connectivity index (χ0) is 17.8. The Morgan fingerprint density at radius 3 is 2.67 bits per heavy atom. The second kappa shape index (κ2) is 7.42. The van der Waals surface area contributed by atoms with Gasteiger partial charge in [-0.25, -0.2) is 8.42 Å². The fraction of sp³-hybridized carbons (Fsp3) is 0.588. The first kappa shape index (κ1) is 18.6. The summed E-state index contributed by atoms with van der Waals surface area (Å²) in [5.41, 5.74) is 1.77. The van der Waals surface area contributed by atoms with E-state index < -0.39 is 10.0 Å². The molecule has 1 aliphatic rings. The summed E-state index contributed by atoms with van der Waals surface area (Å²) >= 11 is 0. The Morgan fingerprint density at radius 1 is 1.29 bits per heavy atom. The van der Waals surface area contributed by atoms with Gasteiger partial charge in [-0.05, 0) is 45.7 Å². The molecule has 2 rings (SSSR count). The maximum atomic E-state index is 12.6. The van der Waals surface area contributed by atoms with Crippen molar-refractivity contribution in [1.82, 2.24) is 10.6 Å². The Hall–Kier alpha value is -1.76. The van der Waals surface area contributed by atoms with Crippen LogP contribution in [-0.2, 0) is 16.4 Å². The van der Waals surface area contributed by atoms with Crippen molar-refractivity contribution in [3.63, 3.8) is 0 Å². The van der Waals surface area contributed by atoms with E-state index in [1.165, 1.54) is 4.31 Å². The maximum Gasteiger partial charge on any atom is 0.237 e. The second-order valence-electron chi connectivity index (χ2n) is 6.90. The number of anilines is 1. The fourth-order valence-corrected chi connectivity index (χ4v) is 4.03. The lowest BCUT2D eigenvalue weighted by molar-refractivity contribution is 0.502. The number of nitrogens with one attached hydrogen (secondary N) is 2. The Labute approximate surface area is 145 Å². The van der Waals surface area contributed by atoms with Gasteiger partial charge in [-0.3, -0.25) is 9.30 Å². The van der Waals surface area contributed by atoms with Crippen molar-refractivity contribution >= 4 is 21.7 Å². The van der Waals surface area contributed by atoms with E-state index in [0.29, 0.717) is 12.5 Å². The smallest absolute Gasteiger partial charge is 0.237 e. The molecule has 1 aromatic rings. The molecular formula is C17H28N4O2S. The quantitative estimate of drug-likeness (QED) is 0.625. The number of hydrogen-bond acceptors (Lipinski definition) is 3. The third kappa shape index (κ3) is 4.87. The first-order valence-corrected chi connectivity index (χ1v) is 9.98. The maximum absolute atomic E-state index is 12.6. The molecule has 24 heavy (non-hydrogen) atoms. The van der Waals surface area contributed by atoms with Crippen molar-refractivity contribution < 1.29 is 8.42 Å². The van der Waals surface area contributed by atoms with Gasteiger partial charge in [0.05, 0.1) is 18.0 Å². The number of hydrogen-bond donors (Lipinski definition) is 2. The number of para-hydroxylation sites is 1. The van der Waals surface area contributed by atoms with Crippen LogP contribution >= 0.6 is 0 Å². The molecule has 0 amide bonds. The van der Waals surface area contributed by atoms with E-state index in [-0.39, 0.29) is 17.8 Å². The molecule has 0 unspecified atom stereocenters. The predicted octanol–water partition coefficient (Wildman–Crippen LogP) is 1.73. The summed E-state index contributed by atoms with van der Waals surface area (Å²) in [4.78, 5) is 4.40. The van der Waals surface area contributed by atoms with Crippen molar-refractivity contribution in [2.45, 2.75) is 39.7 Å². The Balaban J connectivity index is 2.03. The van der Waals surface area contributed by atoms with Crippen LogP contribution in [0.5, 0.6) is 0 Å². The van der Waals surface area contributed by atoms with Crippen molar-refractivity contribution in [1.29, 1.82) is 0 Å². The minimum Gasteiger partial charge on any atom is -0.357 e. The van der Waals surface area contributed by atoms with E-state index in [9.17, 15) is 8.42 Å². The number of sulfonamides is 1. The summed E-state index contributed by atoms with van der Waals surface area (Å²) in [6.45, 7) is 9.58. The number of nitrogens with zero attached hydrogens (tertiary/aromatic N) is 2. The molecular weight excluding hydrogens is 324 g/mol. The fourth-order valence-electron chi connectivity index (χ4n) is 2.64. The summed E-state index contributed by atoms with van der Waals surface area (Å²) in [5, 5.41) is 6.40. The Bertz CT molecular complexity index is 693. The van der Waals surface area contributed by atoms with Gasteiger partial charge in [0.25, 0.3) is 0 Å². The monoisotopic (exact) mass is 352 g/mol. The molecule has 134 valence electrons. The molecule has 1 heterocycles. The molecule has 0 saturated heterocycles. The number of guanidine groups is 1. The standard InChI is InChI=1S/C17H28N4O2S/c1-5-18-16(20-17(2,3)4)19-11-13-24(22,23)21-12-10-14-8-6-7-9-15(14)21/h6-9H,5,10-13H2,1-4H3,(H2,18,19,20). The van der Waals surface area contributed by atoms with Crippen molar-refractivity contribution in [3.05, 3.63) is 29.8 Å². The van der Waals surface area contributed by atoms with Crippen LogP contribution in [0, 0.1) is 0 Å². The number of benzene rings is 1. The van der Waals surface area contributed by atoms with Crippen molar-refractivity contribution in [3.8, 4) is 0 Å². The van der Waals surface area contributed by atoms with E-state index in [0.717, 1.165) is 24.2 Å². The van der Waals surface area contributed by atoms with Crippen LogP contribution in [-0.4, -0.2) is 45.3 Å². The molecule has 2 N–H and O–H groups in total. The molecule has 0 saturated carbocycles. The molecule has 0 spiro atoms. The molecule has 0 radical (unpaired) electrons. The summed E-state index contributed by atoms with van der Waals surface area (Å²) in [7, 11) is -3.36. The van der Waals surface area contributed by atoms with E-state index >= 15 is 0 Å². The van der Waals surface area contributed by atoms with Gasteiger partial charge in [0.15, 0.2) is 5.96 Å². The summed E-state index contributed by atoms with van der Waals surface area (Å²) < 4.78 is 26.8. The SMILES string of the molecule is CCNC(=NCCS(=O)(=O)N1CCc2ccccc21)NC(C)(C)C. The average molecular weight is 353 g/mol. The minimum absolute atomic E-state index is 0.00204. The van der Waals surface area contributed by atoms with Crippen LogP contribution in [0.25, 0.3) is 0 Å². The molecule has 0 aliphatic carbocycles. The highest BCUT2D eigenvalue weighted by Crippen LogP contribution is 2.29. The van der Waals surface area contributed by atoms with Gasteiger partial charge in [-0.15, -0.1) is 0 Å². The van der Waals surface area contributed by atoms with Crippen LogP contribution in [0.3, 0.4) is 0 Å². The van der Waals surface area contributed by atoms with Gasteiger partial charge in [0.2, 0.25) is 10.0 Å². The summed E-state index contributed by atoms with van der Waals surface area (Å²) in [6, 6.07) is 7.68. The molecule has 0 bridgehead atoms. The lowest BCUT2D eigenvalue weighted by Crippen LogP contribution is -2.47. The van der Waals surface area contributed by atoms with E-state index in [2.05, 4.69) is 15.6 Å². The van der Waals surface area contributed by atoms with Gasteiger partial charge in [0, 0.05) is 18.6 Å². The van der Waals surface area contributed by atoms with Gasteiger partial charge < -0.3 is 10.6 Å². The first-order valence-electron chi connectivity index (χ1n) is 8.38. The minimum atomic E-state index is -3.36. The molecule has 7 heteroatoms. The summed E-state index contributed by atoms with van der Waals surface area (Å²) in [5.74, 6) is 0.643. The molecule has 1 aliphatic heterocycles. The zero-order valence-corrected chi connectivity index (χ0v) is 15.8. The lowest BCUT2D eigenvalue weighted by atomic mass is 10.1. The number of rotatable bonds is 5. The largest absolute Gasteiger partial charge is 0.357 e. The van der Waals surface area contributed by atoms with Crippen LogP contribution in [0.2, 0.25) is 0 Å². The molecule has 0 fully saturated rings. The highest BCUT2D eigenvalue weighted by molar-refractivity contribution is 7.92. The highest BCUT2D eigenvalue weighted by atomic mass is 32.2. The Morgan fingerprint density at radius 2 is 2.00 bits per heavy atom. The molecule has 6 nitrogen and oxygen atoms in total. The van der Waals surface area contributed by atoms with Crippen LogP contribution in [0.1, 0.15) is 33.3 Å². The summed E-state index contributed by atoms with van der Waals surface area (Å²) in [6.07, 6.45) is 0.771. The van der Waals surface area contributed by atoms with Gasteiger partial charge in [-0.2, -0.15) is 0 Å². The molecule has 0 atom stereocenters. The van der Waals surface area contributed by atoms with Gasteiger partial charge in [0.1, 0.15) is 0 Å². The second-order valence-corrected chi connectivity index (χ2v) is 8.92. The third-order valence-corrected chi connectivity index (χ3v) is 5.39. The number of fused-ring (bicyclic) bond motifs is 1. The topological polar surface area (TPSA) is 73.8 Å². The third-order valence-electron chi connectivity index (χ3n) is 3.64. The van der Waals surface area contributed by atoms with E-state index in [4.69, 9.17) is 0 Å². The first-order chi connectivity index (χ1) is 11.2. The van der Waals surface area contributed by atoms with Crippen molar-refractivity contribution in [2.75, 3.05) is 29.7 Å². The predicted molar refractivity (Wildman–Crippen MR) is 100 cm³/mol. The van der Waals surface area contributed by atoms with Crippen LogP contribution in [0.4, 0.5) is 5.69 Å². The lowest BCUT2D eigenvalue weighted by Gasteiger charge is -2.24. The van der Waals surface area contributed by atoms with Gasteiger partial charge >= 0.3 is 0 Å². The average Bonchev–Trinajstić information content (AvgIpc) is 2.90. The molecule has 1 aromatic carbocycles. The van der Waals surface area contributed by atoms with Gasteiger partial charge in [-0.1, -0.05) is 18.2 Å². The number of aliphatic imine (C=N–C) groups is 1. The van der Waals surface area contributed by atoms with E-state index in [1.54, 1.807) is 0 Å². The normalized spacial score (nSPS) is 15.3. The van der Waals surface area contributed by atoms with Crippen LogP contribution in [0.15, 0.2) is 29.3 Å². The van der Waals surface area contributed by atoms with Crippen molar-refractivity contribution in [2.24, 2.45) is 4.99 Å². The zero-order valence-electron chi connectivity index (χ0n) is 15.0.